The Morgan fingerprint density at radius 3 is 2.86 bits per heavy atom. The molecule has 0 amide bonds. The van der Waals surface area contributed by atoms with Crippen molar-refractivity contribution in [1.82, 2.24) is 15.3 Å². The Morgan fingerprint density at radius 2 is 2.21 bits per heavy atom. The molecule has 2 heterocycles. The number of piperidine rings is 1. The van der Waals surface area contributed by atoms with Crippen LogP contribution in [0, 0.1) is 0 Å². The highest BCUT2D eigenvalue weighted by Crippen LogP contribution is 2.12. The molecule has 1 saturated heterocycles. The van der Waals surface area contributed by atoms with E-state index >= 15 is 0 Å². The molecule has 1 aliphatic heterocycles. The van der Waals surface area contributed by atoms with E-state index in [0.717, 1.165) is 30.4 Å². The molecule has 0 aliphatic carbocycles. The van der Waals surface area contributed by atoms with Gasteiger partial charge in [0, 0.05) is 18.9 Å². The molecule has 1 aromatic rings. The lowest BCUT2D eigenvalue weighted by Crippen LogP contribution is -2.37. The summed E-state index contributed by atoms with van der Waals surface area (Å²) in [5.74, 6) is 0. The van der Waals surface area contributed by atoms with E-state index in [0.29, 0.717) is 6.01 Å². The minimum absolute atomic E-state index is 0.213. The zero-order chi connectivity index (χ0) is 9.80. The van der Waals surface area contributed by atoms with Crippen LogP contribution in [0.3, 0.4) is 0 Å². The quantitative estimate of drug-likeness (QED) is 0.870. The molecular formula is C9H12BrN3O. The van der Waals surface area contributed by atoms with Gasteiger partial charge in [-0.25, -0.2) is 9.97 Å². The number of rotatable bonds is 2. The first kappa shape index (κ1) is 9.86. The van der Waals surface area contributed by atoms with Crippen LogP contribution >= 0.6 is 15.9 Å². The van der Waals surface area contributed by atoms with Gasteiger partial charge in [0.25, 0.3) is 0 Å². The SMILES string of the molecule is Brc1cnc(O[C@H]2CCCNC2)nc1. The molecule has 0 radical (unpaired) electrons. The lowest BCUT2D eigenvalue weighted by atomic mass is 10.1. The number of hydrogen-bond donors (Lipinski definition) is 1. The van der Waals surface area contributed by atoms with Crippen LogP contribution in [-0.4, -0.2) is 29.2 Å². The largest absolute Gasteiger partial charge is 0.459 e. The Labute approximate surface area is 91.2 Å². The van der Waals surface area contributed by atoms with Gasteiger partial charge in [-0.05, 0) is 35.3 Å². The zero-order valence-electron chi connectivity index (χ0n) is 7.74. The predicted octanol–water partition coefficient (Wildman–Crippen LogP) is 1.37. The Balaban J connectivity index is 1.92. The van der Waals surface area contributed by atoms with E-state index < -0.39 is 0 Å². The van der Waals surface area contributed by atoms with E-state index in [1.54, 1.807) is 12.4 Å². The van der Waals surface area contributed by atoms with Crippen molar-refractivity contribution in [3.63, 3.8) is 0 Å². The number of nitrogens with one attached hydrogen (secondary N) is 1. The number of ether oxygens (including phenoxy) is 1. The van der Waals surface area contributed by atoms with E-state index in [-0.39, 0.29) is 6.10 Å². The molecule has 1 atom stereocenters. The van der Waals surface area contributed by atoms with Crippen molar-refractivity contribution < 1.29 is 4.74 Å². The zero-order valence-corrected chi connectivity index (χ0v) is 9.33. The van der Waals surface area contributed by atoms with E-state index in [9.17, 15) is 0 Å². The maximum absolute atomic E-state index is 5.60. The van der Waals surface area contributed by atoms with Crippen molar-refractivity contribution in [3.8, 4) is 6.01 Å². The molecular weight excluding hydrogens is 246 g/mol. The first-order valence-corrected chi connectivity index (χ1v) is 5.49. The van der Waals surface area contributed by atoms with Crippen molar-refractivity contribution in [2.45, 2.75) is 18.9 Å². The fraction of sp³-hybridized carbons (Fsp3) is 0.556. The number of aromatic nitrogens is 2. The second-order valence-electron chi connectivity index (χ2n) is 3.27. The van der Waals surface area contributed by atoms with Crippen LogP contribution < -0.4 is 10.1 Å². The van der Waals surface area contributed by atoms with Crippen LogP contribution in [0.2, 0.25) is 0 Å². The van der Waals surface area contributed by atoms with E-state index in [2.05, 4.69) is 31.2 Å². The number of hydrogen-bond acceptors (Lipinski definition) is 4. The van der Waals surface area contributed by atoms with Crippen LogP contribution in [0.1, 0.15) is 12.8 Å². The highest BCUT2D eigenvalue weighted by atomic mass is 79.9. The minimum atomic E-state index is 0.213. The van der Waals surface area contributed by atoms with Crippen LogP contribution in [-0.2, 0) is 0 Å². The number of nitrogens with zero attached hydrogens (tertiary/aromatic N) is 2. The molecule has 1 aliphatic rings. The summed E-state index contributed by atoms with van der Waals surface area (Å²) in [5, 5.41) is 3.28. The third kappa shape index (κ3) is 2.65. The lowest BCUT2D eigenvalue weighted by molar-refractivity contribution is 0.153. The Morgan fingerprint density at radius 1 is 1.43 bits per heavy atom. The average Bonchev–Trinajstić information content (AvgIpc) is 2.23. The summed E-state index contributed by atoms with van der Waals surface area (Å²) in [6.45, 7) is 1.97. The summed E-state index contributed by atoms with van der Waals surface area (Å²) in [5.41, 5.74) is 0. The standard InChI is InChI=1S/C9H12BrN3O/c10-7-4-12-9(13-5-7)14-8-2-1-3-11-6-8/h4-5,8,11H,1-3,6H2/t8-/m0/s1. The molecule has 0 saturated carbocycles. The Hall–Kier alpha value is -0.680. The van der Waals surface area contributed by atoms with Gasteiger partial charge in [0.1, 0.15) is 6.10 Å². The summed E-state index contributed by atoms with van der Waals surface area (Å²) >= 11 is 3.28. The third-order valence-electron chi connectivity index (χ3n) is 2.12. The molecule has 1 aromatic heterocycles. The van der Waals surface area contributed by atoms with Gasteiger partial charge < -0.3 is 10.1 Å². The van der Waals surface area contributed by atoms with Gasteiger partial charge in [0.15, 0.2) is 0 Å². The highest BCUT2D eigenvalue weighted by molar-refractivity contribution is 9.10. The van der Waals surface area contributed by atoms with E-state index in [1.165, 1.54) is 0 Å². The molecule has 14 heavy (non-hydrogen) atoms. The van der Waals surface area contributed by atoms with Crippen LogP contribution in [0.4, 0.5) is 0 Å². The topological polar surface area (TPSA) is 47.0 Å². The van der Waals surface area contributed by atoms with Crippen molar-refractivity contribution in [2.24, 2.45) is 0 Å². The summed E-state index contributed by atoms with van der Waals surface area (Å²) in [6, 6.07) is 0.460. The fourth-order valence-electron chi connectivity index (χ4n) is 1.43. The normalized spacial score (nSPS) is 21.9. The second kappa shape index (κ2) is 4.70. The molecule has 0 bridgehead atoms. The summed E-state index contributed by atoms with van der Waals surface area (Å²) < 4.78 is 6.47. The average molecular weight is 258 g/mol. The second-order valence-corrected chi connectivity index (χ2v) is 4.19. The molecule has 1 N–H and O–H groups in total. The molecule has 0 aromatic carbocycles. The molecule has 4 nitrogen and oxygen atoms in total. The molecule has 76 valence electrons. The lowest BCUT2D eigenvalue weighted by Gasteiger charge is -2.22. The summed E-state index contributed by atoms with van der Waals surface area (Å²) in [7, 11) is 0. The van der Waals surface area contributed by atoms with Crippen LogP contribution in [0.15, 0.2) is 16.9 Å². The fourth-order valence-corrected chi connectivity index (χ4v) is 1.64. The smallest absolute Gasteiger partial charge is 0.316 e. The number of halogens is 1. The summed E-state index contributed by atoms with van der Waals surface area (Å²) in [4.78, 5) is 8.13. The third-order valence-corrected chi connectivity index (χ3v) is 2.53. The van der Waals surface area contributed by atoms with Crippen LogP contribution in [0.25, 0.3) is 0 Å². The molecule has 5 heteroatoms. The van der Waals surface area contributed by atoms with Gasteiger partial charge in [0.2, 0.25) is 0 Å². The Bertz CT molecular complexity index is 285. The van der Waals surface area contributed by atoms with Gasteiger partial charge in [-0.1, -0.05) is 0 Å². The minimum Gasteiger partial charge on any atom is -0.459 e. The highest BCUT2D eigenvalue weighted by Gasteiger charge is 2.15. The van der Waals surface area contributed by atoms with Crippen molar-refractivity contribution in [1.29, 1.82) is 0 Å². The first-order chi connectivity index (χ1) is 6.84. The Kier molecular flexibility index (Phi) is 3.31. The first-order valence-electron chi connectivity index (χ1n) is 4.69. The van der Waals surface area contributed by atoms with Gasteiger partial charge in [0.05, 0.1) is 4.47 Å². The van der Waals surface area contributed by atoms with Crippen LogP contribution in [0.5, 0.6) is 6.01 Å². The molecule has 2 rings (SSSR count). The maximum Gasteiger partial charge on any atom is 0.316 e. The van der Waals surface area contributed by atoms with Gasteiger partial charge >= 0.3 is 6.01 Å². The summed E-state index contributed by atoms with van der Waals surface area (Å²) in [6.07, 6.45) is 5.83. The maximum atomic E-state index is 5.60. The van der Waals surface area contributed by atoms with Gasteiger partial charge in [-0.2, -0.15) is 0 Å². The van der Waals surface area contributed by atoms with E-state index in [1.807, 2.05) is 0 Å². The monoisotopic (exact) mass is 257 g/mol. The van der Waals surface area contributed by atoms with Crippen molar-refractivity contribution >= 4 is 15.9 Å². The van der Waals surface area contributed by atoms with Gasteiger partial charge in [-0.15, -0.1) is 0 Å². The molecule has 1 fully saturated rings. The molecule has 0 spiro atoms. The van der Waals surface area contributed by atoms with Crippen molar-refractivity contribution in [2.75, 3.05) is 13.1 Å². The van der Waals surface area contributed by atoms with Crippen molar-refractivity contribution in [3.05, 3.63) is 16.9 Å². The van der Waals surface area contributed by atoms with E-state index in [4.69, 9.17) is 4.74 Å². The molecule has 0 unspecified atom stereocenters. The predicted molar refractivity (Wildman–Crippen MR) is 56.3 cm³/mol. The van der Waals surface area contributed by atoms with Gasteiger partial charge in [-0.3, -0.25) is 0 Å².